The van der Waals surface area contributed by atoms with Gasteiger partial charge in [-0.2, -0.15) is 5.10 Å². The largest absolute Gasteiger partial charge is 0.453 e. The third kappa shape index (κ3) is 3.42. The first-order valence-corrected chi connectivity index (χ1v) is 10.8. The van der Waals surface area contributed by atoms with Crippen LogP contribution in [0.3, 0.4) is 0 Å². The van der Waals surface area contributed by atoms with E-state index in [1.807, 2.05) is 12.3 Å². The van der Waals surface area contributed by atoms with Gasteiger partial charge < -0.3 is 9.47 Å². The summed E-state index contributed by atoms with van der Waals surface area (Å²) >= 11 is 2.36. The van der Waals surface area contributed by atoms with Crippen molar-refractivity contribution in [3.05, 3.63) is 63.7 Å². The lowest BCUT2D eigenvalue weighted by Gasteiger charge is -2.21. The lowest BCUT2D eigenvalue weighted by atomic mass is 9.96. The molecule has 0 saturated carbocycles. The molecule has 1 aliphatic rings. The maximum atomic E-state index is 6.36. The number of hydrogen-bond acceptors (Lipinski definition) is 4. The Morgan fingerprint density at radius 3 is 2.83 bits per heavy atom. The topological polar surface area (TPSA) is 65.0 Å². The number of rotatable bonds is 4. The van der Waals surface area contributed by atoms with Crippen molar-refractivity contribution >= 4 is 33.6 Å². The molecule has 0 amide bonds. The van der Waals surface area contributed by atoms with Gasteiger partial charge in [-0.25, -0.2) is 4.98 Å². The molecule has 3 aromatic heterocycles. The second kappa shape index (κ2) is 7.79. The van der Waals surface area contributed by atoms with Crippen molar-refractivity contribution in [2.45, 2.75) is 25.7 Å². The molecule has 1 aromatic carbocycles. The van der Waals surface area contributed by atoms with Gasteiger partial charge in [-0.15, -0.1) is 0 Å². The molecule has 4 aromatic rings. The van der Waals surface area contributed by atoms with Crippen LogP contribution in [0.2, 0.25) is 0 Å². The van der Waals surface area contributed by atoms with Crippen molar-refractivity contribution < 1.29 is 9.47 Å². The predicted molar refractivity (Wildman–Crippen MR) is 120 cm³/mol. The Labute approximate surface area is 182 Å². The van der Waals surface area contributed by atoms with Gasteiger partial charge in [0, 0.05) is 25.3 Å². The molecule has 0 radical (unpaired) electrons. The molecule has 5 rings (SSSR count). The summed E-state index contributed by atoms with van der Waals surface area (Å²) in [5.74, 6) is 1.93. The maximum Gasteiger partial charge on any atom is 0.168 e. The van der Waals surface area contributed by atoms with Crippen molar-refractivity contribution in [3.8, 4) is 17.2 Å². The zero-order valence-corrected chi connectivity index (χ0v) is 18.2. The van der Waals surface area contributed by atoms with E-state index in [0.29, 0.717) is 5.92 Å². The summed E-state index contributed by atoms with van der Waals surface area (Å²) in [6.07, 6.45) is 5.57. The number of H-pyrrole nitrogens is 1. The lowest BCUT2D eigenvalue weighted by Crippen LogP contribution is -2.14. The zero-order valence-electron chi connectivity index (χ0n) is 16.1. The van der Waals surface area contributed by atoms with E-state index < -0.39 is 0 Å². The van der Waals surface area contributed by atoms with Gasteiger partial charge in [-0.1, -0.05) is 18.2 Å². The number of nitrogens with zero attached hydrogens (tertiary/aromatic N) is 3. The smallest absolute Gasteiger partial charge is 0.168 e. The number of hydrogen-bond donors (Lipinski definition) is 1. The highest BCUT2D eigenvalue weighted by Gasteiger charge is 2.23. The van der Waals surface area contributed by atoms with Gasteiger partial charge in [0.2, 0.25) is 0 Å². The van der Waals surface area contributed by atoms with Crippen molar-refractivity contribution in [1.29, 1.82) is 0 Å². The number of pyridine rings is 1. The SMILES string of the molecule is Cc1ccccc1-n1c(I)cc2c(Oc3c[nH]nc3C3CCOCC3)ccnc21. The molecule has 1 saturated heterocycles. The second-order valence-electron chi connectivity index (χ2n) is 7.26. The number of benzene rings is 1. The van der Waals surface area contributed by atoms with E-state index in [-0.39, 0.29) is 0 Å². The summed E-state index contributed by atoms with van der Waals surface area (Å²) in [7, 11) is 0. The van der Waals surface area contributed by atoms with Crippen LogP contribution in [0.5, 0.6) is 11.5 Å². The number of nitrogens with one attached hydrogen (secondary N) is 1. The minimum atomic E-state index is 0.360. The number of halogens is 1. The summed E-state index contributed by atoms with van der Waals surface area (Å²) < 4.78 is 15.1. The second-order valence-corrected chi connectivity index (χ2v) is 8.36. The number of aromatic nitrogens is 4. The van der Waals surface area contributed by atoms with Gasteiger partial charge in [0.05, 0.1) is 21.0 Å². The first-order chi connectivity index (χ1) is 14.2. The summed E-state index contributed by atoms with van der Waals surface area (Å²) in [5.41, 5.74) is 4.19. The molecule has 4 heterocycles. The molecule has 148 valence electrons. The van der Waals surface area contributed by atoms with Crippen LogP contribution in [-0.2, 0) is 4.74 Å². The fourth-order valence-electron chi connectivity index (χ4n) is 3.93. The molecule has 1 N–H and O–H groups in total. The van der Waals surface area contributed by atoms with Gasteiger partial charge >= 0.3 is 0 Å². The minimum Gasteiger partial charge on any atom is -0.453 e. The molecular weight excluding hydrogens is 479 g/mol. The van der Waals surface area contributed by atoms with Crippen LogP contribution >= 0.6 is 22.6 Å². The van der Waals surface area contributed by atoms with Gasteiger partial charge in [0.25, 0.3) is 0 Å². The first kappa shape index (κ1) is 18.6. The van der Waals surface area contributed by atoms with Crippen LogP contribution < -0.4 is 4.74 Å². The monoisotopic (exact) mass is 500 g/mol. The summed E-state index contributed by atoms with van der Waals surface area (Å²) in [4.78, 5) is 4.66. The molecule has 6 nitrogen and oxygen atoms in total. The molecule has 0 aliphatic carbocycles. The Hall–Kier alpha value is -2.39. The Morgan fingerprint density at radius 1 is 1.17 bits per heavy atom. The van der Waals surface area contributed by atoms with E-state index >= 15 is 0 Å². The summed E-state index contributed by atoms with van der Waals surface area (Å²) in [6.45, 7) is 3.66. The fraction of sp³-hybridized carbons (Fsp3) is 0.273. The average Bonchev–Trinajstić information content (AvgIpc) is 3.33. The highest BCUT2D eigenvalue weighted by Crippen LogP contribution is 2.37. The van der Waals surface area contributed by atoms with Gasteiger partial charge in [-0.3, -0.25) is 9.67 Å². The summed E-state index contributed by atoms with van der Waals surface area (Å²) in [6, 6.07) is 12.4. The van der Waals surface area contributed by atoms with Gasteiger partial charge in [0.1, 0.15) is 17.1 Å². The Kier molecular flexibility index (Phi) is 5.01. The first-order valence-electron chi connectivity index (χ1n) is 9.73. The van der Waals surface area contributed by atoms with Gasteiger partial charge in [0.15, 0.2) is 5.75 Å². The predicted octanol–water partition coefficient (Wildman–Crippen LogP) is 5.35. The van der Waals surface area contributed by atoms with Crippen molar-refractivity contribution in [1.82, 2.24) is 19.7 Å². The standard InChI is InChI=1S/C22H21IN4O2/c1-14-4-2-3-5-17(14)27-20(23)12-16-18(6-9-24-22(16)27)29-19-13-25-26-21(19)15-7-10-28-11-8-15/h2-6,9,12-13,15H,7-8,10-11H2,1H3,(H,25,26). The van der Waals surface area contributed by atoms with Crippen LogP contribution in [0.15, 0.2) is 48.8 Å². The Balaban J connectivity index is 1.56. The van der Waals surface area contributed by atoms with Crippen molar-refractivity contribution in [2.24, 2.45) is 0 Å². The Bertz CT molecular complexity index is 1160. The third-order valence-electron chi connectivity index (χ3n) is 5.44. The number of aryl methyl sites for hydroxylation is 1. The number of aromatic amines is 1. The normalized spacial score (nSPS) is 15.1. The van der Waals surface area contributed by atoms with E-state index in [0.717, 1.165) is 63.7 Å². The number of para-hydroxylation sites is 1. The number of ether oxygens (including phenoxy) is 2. The molecule has 1 fully saturated rings. The van der Waals surface area contributed by atoms with Crippen LogP contribution in [-0.4, -0.2) is 33.0 Å². The zero-order chi connectivity index (χ0) is 19.8. The van der Waals surface area contributed by atoms with Crippen molar-refractivity contribution in [3.63, 3.8) is 0 Å². The molecule has 1 aliphatic heterocycles. The number of fused-ring (bicyclic) bond motifs is 1. The highest BCUT2D eigenvalue weighted by atomic mass is 127. The van der Waals surface area contributed by atoms with Crippen LogP contribution in [0.1, 0.15) is 30.0 Å². The highest BCUT2D eigenvalue weighted by molar-refractivity contribution is 14.1. The summed E-state index contributed by atoms with van der Waals surface area (Å²) in [5, 5.41) is 8.43. The molecule has 29 heavy (non-hydrogen) atoms. The van der Waals surface area contributed by atoms with E-state index in [1.165, 1.54) is 5.56 Å². The third-order valence-corrected chi connectivity index (χ3v) is 6.23. The average molecular weight is 500 g/mol. The molecule has 0 unspecified atom stereocenters. The molecule has 0 bridgehead atoms. The molecule has 0 spiro atoms. The molecule has 0 atom stereocenters. The van der Waals surface area contributed by atoms with Crippen LogP contribution in [0.4, 0.5) is 0 Å². The van der Waals surface area contributed by atoms with E-state index in [9.17, 15) is 0 Å². The van der Waals surface area contributed by atoms with Crippen LogP contribution in [0.25, 0.3) is 16.7 Å². The molecular formula is C22H21IN4O2. The minimum absolute atomic E-state index is 0.360. The lowest BCUT2D eigenvalue weighted by molar-refractivity contribution is 0.0841. The molecule has 7 heteroatoms. The van der Waals surface area contributed by atoms with Crippen LogP contribution in [0, 0.1) is 10.6 Å². The van der Waals surface area contributed by atoms with Gasteiger partial charge in [-0.05, 0) is 66.1 Å². The van der Waals surface area contributed by atoms with E-state index in [1.54, 1.807) is 6.20 Å². The van der Waals surface area contributed by atoms with Crippen molar-refractivity contribution in [2.75, 3.05) is 13.2 Å². The van der Waals surface area contributed by atoms with E-state index in [2.05, 4.69) is 79.6 Å². The van der Waals surface area contributed by atoms with E-state index in [4.69, 9.17) is 9.47 Å². The quantitative estimate of drug-likeness (QED) is 0.384. The fourth-order valence-corrected chi connectivity index (χ4v) is 4.73. The Morgan fingerprint density at radius 2 is 2.00 bits per heavy atom. The maximum absolute atomic E-state index is 6.36.